The molecule has 0 saturated carbocycles. The van der Waals surface area contributed by atoms with Crippen LogP contribution in [0.3, 0.4) is 0 Å². The average Bonchev–Trinajstić information content (AvgIpc) is 1.62. The normalized spacial score (nSPS) is 24.0. The molecule has 0 unspecified atom stereocenters. The Morgan fingerprint density at radius 2 is 2.38 bits per heavy atom. The van der Waals surface area contributed by atoms with Crippen LogP contribution >= 0.6 is 12.2 Å². The summed E-state index contributed by atoms with van der Waals surface area (Å²) in [5.41, 5.74) is 0. The number of hydrogen-bond donors (Lipinski definition) is 1. The van der Waals surface area contributed by atoms with Crippen LogP contribution in [0.25, 0.3) is 0 Å². The van der Waals surface area contributed by atoms with Crippen molar-refractivity contribution < 1.29 is 9.22 Å². The van der Waals surface area contributed by atoms with E-state index in [1.165, 1.54) is 0 Å². The van der Waals surface area contributed by atoms with Gasteiger partial charge in [0.15, 0.2) is 0 Å². The van der Waals surface area contributed by atoms with Crippen LogP contribution in [0.5, 0.6) is 0 Å². The van der Waals surface area contributed by atoms with E-state index in [9.17, 15) is 0 Å². The van der Waals surface area contributed by atoms with E-state index in [1.54, 1.807) is 0 Å². The number of hydrogen-bond acceptors (Lipinski definition) is 4. The van der Waals surface area contributed by atoms with Crippen LogP contribution in [-0.4, -0.2) is 13.2 Å². The van der Waals surface area contributed by atoms with Gasteiger partial charge in [-0.1, -0.05) is 0 Å². The van der Waals surface area contributed by atoms with Crippen molar-refractivity contribution >= 4 is 12.2 Å². The third-order valence-electron chi connectivity index (χ3n) is 0.898. The highest BCUT2D eigenvalue weighted by Gasteiger charge is 1.95. The number of nitrogens with one attached hydrogen (secondary N) is 1. The zero-order valence-electron chi connectivity index (χ0n) is 4.55. The summed E-state index contributed by atoms with van der Waals surface area (Å²) in [6.45, 7) is 1.72. The van der Waals surface area contributed by atoms with Gasteiger partial charge in [-0.25, -0.2) is 9.61 Å². The summed E-state index contributed by atoms with van der Waals surface area (Å²) in [5.74, 6) is 0. The molecule has 0 aliphatic carbocycles. The van der Waals surface area contributed by atoms with Gasteiger partial charge in [-0.15, -0.1) is 4.33 Å². The molecule has 8 heavy (non-hydrogen) atoms. The van der Waals surface area contributed by atoms with E-state index in [-0.39, 0.29) is 0 Å². The quantitative estimate of drug-likeness (QED) is 0.303. The van der Waals surface area contributed by atoms with Gasteiger partial charge in [0, 0.05) is 6.54 Å². The average molecular weight is 135 g/mol. The molecule has 0 spiro atoms. The molecule has 1 saturated heterocycles. The Labute approximate surface area is 53.0 Å². The first-order chi connectivity index (χ1) is 4.00. The summed E-state index contributed by atoms with van der Waals surface area (Å²) < 4.78 is 7.54. The summed E-state index contributed by atoms with van der Waals surface area (Å²) in [7, 11) is 0. The number of rotatable bonds is 0. The molecular weight excluding hydrogens is 126 g/mol. The molecule has 1 N–H and O–H groups in total. The zero-order valence-corrected chi connectivity index (χ0v) is 5.37. The second-order valence-electron chi connectivity index (χ2n) is 1.57. The van der Waals surface area contributed by atoms with Crippen LogP contribution in [0.15, 0.2) is 0 Å². The fraction of sp³-hybridized carbons (Fsp3) is 1.00. The van der Waals surface area contributed by atoms with Crippen molar-refractivity contribution in [3.05, 3.63) is 0 Å². The molecule has 0 radical (unpaired) electrons. The summed E-state index contributed by atoms with van der Waals surface area (Å²) >= 11 is 1.16. The lowest BCUT2D eigenvalue weighted by molar-refractivity contribution is -0.193. The second kappa shape index (κ2) is 4.14. The summed E-state index contributed by atoms with van der Waals surface area (Å²) in [6, 6.07) is 0. The topological polar surface area (TPSA) is 30.5 Å². The molecule has 0 bridgehead atoms. The van der Waals surface area contributed by atoms with Gasteiger partial charge in [-0.05, 0) is 12.8 Å². The van der Waals surface area contributed by atoms with Gasteiger partial charge >= 0.3 is 0 Å². The maximum Gasteiger partial charge on any atom is 0.118 e. The molecule has 4 heteroatoms. The second-order valence-corrected chi connectivity index (χ2v) is 2.17. The summed E-state index contributed by atoms with van der Waals surface area (Å²) in [6.07, 6.45) is 2.24. The minimum Gasteiger partial charge on any atom is -0.238 e. The molecule has 0 aromatic rings. The van der Waals surface area contributed by atoms with Crippen LogP contribution in [-0.2, 0) is 9.22 Å². The molecule has 3 nitrogen and oxygen atoms in total. The monoisotopic (exact) mass is 135 g/mol. The van der Waals surface area contributed by atoms with Crippen LogP contribution < -0.4 is 4.72 Å². The molecular formula is C4H9NO2S. The van der Waals surface area contributed by atoms with E-state index in [4.69, 9.17) is 0 Å². The van der Waals surface area contributed by atoms with Gasteiger partial charge in [-0.3, -0.25) is 0 Å². The molecule has 1 heterocycles. The molecule has 1 aliphatic rings. The smallest absolute Gasteiger partial charge is 0.118 e. The van der Waals surface area contributed by atoms with Crippen molar-refractivity contribution in [1.82, 2.24) is 4.72 Å². The van der Waals surface area contributed by atoms with Crippen LogP contribution in [0.4, 0.5) is 0 Å². The Bertz CT molecular complexity index is 38.0. The van der Waals surface area contributed by atoms with E-state index in [2.05, 4.69) is 13.9 Å². The van der Waals surface area contributed by atoms with Crippen molar-refractivity contribution in [3.8, 4) is 0 Å². The Balaban J connectivity index is 2.00. The Kier molecular flexibility index (Phi) is 3.29. The van der Waals surface area contributed by atoms with Gasteiger partial charge in [0.2, 0.25) is 0 Å². The summed E-state index contributed by atoms with van der Waals surface area (Å²) in [4.78, 5) is 4.67. The molecule has 0 amide bonds. The minimum atomic E-state index is 0.717. The molecule has 1 rings (SSSR count). The van der Waals surface area contributed by atoms with E-state index in [1.807, 2.05) is 0 Å². The lowest BCUT2D eigenvalue weighted by Crippen LogP contribution is -2.11. The van der Waals surface area contributed by atoms with E-state index >= 15 is 0 Å². The lowest BCUT2D eigenvalue weighted by atomic mass is 10.3. The van der Waals surface area contributed by atoms with Crippen LogP contribution in [0.2, 0.25) is 0 Å². The Morgan fingerprint density at radius 1 is 1.38 bits per heavy atom. The maximum atomic E-state index is 4.67. The highest BCUT2D eigenvalue weighted by atomic mass is 32.2. The molecule has 0 aromatic carbocycles. The third-order valence-corrected chi connectivity index (χ3v) is 1.38. The fourth-order valence-corrected chi connectivity index (χ4v) is 0.874. The Hall–Kier alpha value is 0.230. The van der Waals surface area contributed by atoms with Gasteiger partial charge < -0.3 is 0 Å². The molecule has 0 aromatic heterocycles. The predicted molar refractivity (Wildman–Crippen MR) is 31.9 cm³/mol. The van der Waals surface area contributed by atoms with Crippen LogP contribution in [0.1, 0.15) is 12.8 Å². The highest BCUT2D eigenvalue weighted by molar-refractivity contribution is 7.92. The first kappa shape index (κ1) is 6.35. The van der Waals surface area contributed by atoms with E-state index in [0.717, 1.165) is 31.6 Å². The van der Waals surface area contributed by atoms with Gasteiger partial charge in [0.05, 0.1) is 6.61 Å². The first-order valence-corrected chi connectivity index (χ1v) is 3.42. The summed E-state index contributed by atoms with van der Waals surface area (Å²) in [5, 5.41) is 0. The maximum absolute atomic E-state index is 4.67. The fourth-order valence-electron chi connectivity index (χ4n) is 0.482. The van der Waals surface area contributed by atoms with Crippen molar-refractivity contribution in [3.63, 3.8) is 0 Å². The Morgan fingerprint density at radius 3 is 3.38 bits per heavy atom. The van der Waals surface area contributed by atoms with Crippen molar-refractivity contribution in [2.45, 2.75) is 12.8 Å². The first-order valence-electron chi connectivity index (χ1n) is 2.68. The molecule has 1 fully saturated rings. The zero-order chi connectivity index (χ0) is 5.66. The lowest BCUT2D eigenvalue weighted by Gasteiger charge is -2.06. The molecule has 0 atom stereocenters. The van der Waals surface area contributed by atoms with Crippen molar-refractivity contribution in [1.29, 1.82) is 0 Å². The van der Waals surface area contributed by atoms with E-state index in [0.29, 0.717) is 6.61 Å². The standard InChI is InChI=1S/C4H9NO2S/c1-2-4-6-7-8-5-3-1/h5H,1-4H2. The van der Waals surface area contributed by atoms with Gasteiger partial charge in [0.25, 0.3) is 0 Å². The van der Waals surface area contributed by atoms with E-state index < -0.39 is 0 Å². The highest BCUT2D eigenvalue weighted by Crippen LogP contribution is 2.02. The third kappa shape index (κ3) is 2.52. The van der Waals surface area contributed by atoms with Crippen LogP contribution in [0, 0.1) is 0 Å². The van der Waals surface area contributed by atoms with Crippen molar-refractivity contribution in [2.75, 3.05) is 13.2 Å². The van der Waals surface area contributed by atoms with Gasteiger partial charge in [-0.2, -0.15) is 0 Å². The molecule has 48 valence electrons. The predicted octanol–water partition coefficient (Wildman–Crippen LogP) is 0.881. The SMILES string of the molecule is C1CCOOSNC1. The molecule has 1 aliphatic heterocycles. The van der Waals surface area contributed by atoms with Gasteiger partial charge in [0.1, 0.15) is 12.2 Å². The van der Waals surface area contributed by atoms with Crippen molar-refractivity contribution in [2.24, 2.45) is 0 Å². The largest absolute Gasteiger partial charge is 0.238 e. The minimum absolute atomic E-state index is 0.717.